The summed E-state index contributed by atoms with van der Waals surface area (Å²) >= 11 is 3.07. The molecule has 0 aromatic carbocycles. The molecule has 7 heteroatoms. The number of methoxy groups -OCH3 is 1. The number of nitrogens with one attached hydrogen (secondary N) is 1. The summed E-state index contributed by atoms with van der Waals surface area (Å²) in [6, 6.07) is 3.33. The van der Waals surface area contributed by atoms with E-state index < -0.39 is 12.0 Å². The van der Waals surface area contributed by atoms with Gasteiger partial charge in [0.1, 0.15) is 6.04 Å². The van der Waals surface area contributed by atoms with Gasteiger partial charge in [-0.15, -0.1) is 11.3 Å². The zero-order chi connectivity index (χ0) is 14.1. The Bertz CT molecular complexity index is 396. The predicted molar refractivity (Wildman–Crippen MR) is 78.1 cm³/mol. The molecule has 0 fully saturated rings. The highest BCUT2D eigenvalue weighted by molar-refractivity contribution is 7.99. The van der Waals surface area contributed by atoms with Crippen LogP contribution in [-0.4, -0.2) is 36.5 Å². The highest BCUT2D eigenvalue weighted by atomic mass is 32.2. The summed E-state index contributed by atoms with van der Waals surface area (Å²) in [4.78, 5) is 23.7. The lowest BCUT2D eigenvalue weighted by atomic mass is 10.2. The second-order valence-electron chi connectivity index (χ2n) is 3.83. The second kappa shape index (κ2) is 8.95. The molecule has 0 aliphatic rings. The van der Waals surface area contributed by atoms with Gasteiger partial charge in [-0.05, 0) is 23.6 Å². The second-order valence-corrected chi connectivity index (χ2v) is 5.96. The number of amides is 1. The lowest BCUT2D eigenvalue weighted by Crippen LogP contribution is -2.32. The number of ether oxygens (including phenoxy) is 1. The summed E-state index contributed by atoms with van der Waals surface area (Å²) in [5.74, 6) is 0.606. The molecule has 1 atom stereocenters. The smallest absolute Gasteiger partial charge is 0.322 e. The highest BCUT2D eigenvalue weighted by Crippen LogP contribution is 2.08. The van der Waals surface area contributed by atoms with Gasteiger partial charge in [0.2, 0.25) is 5.91 Å². The molecule has 1 rings (SSSR count). The van der Waals surface area contributed by atoms with Crippen molar-refractivity contribution in [1.82, 2.24) is 5.32 Å². The van der Waals surface area contributed by atoms with Crippen molar-refractivity contribution in [2.24, 2.45) is 5.73 Å². The SMILES string of the molecule is COC(=O)C(N)CCSCC(=O)NCc1cccs1. The monoisotopic (exact) mass is 302 g/mol. The number of esters is 1. The summed E-state index contributed by atoms with van der Waals surface area (Å²) in [5.41, 5.74) is 5.58. The minimum atomic E-state index is -0.605. The molecule has 0 saturated carbocycles. The Labute approximate surface area is 120 Å². The molecule has 0 aliphatic heterocycles. The van der Waals surface area contributed by atoms with Crippen LogP contribution in [-0.2, 0) is 20.9 Å². The van der Waals surface area contributed by atoms with Crippen LogP contribution in [0, 0.1) is 0 Å². The first-order valence-corrected chi connectivity index (χ1v) is 7.87. The maximum absolute atomic E-state index is 11.5. The quantitative estimate of drug-likeness (QED) is 0.553. The van der Waals surface area contributed by atoms with Crippen LogP contribution in [0.1, 0.15) is 11.3 Å². The molecule has 0 bridgehead atoms. The fraction of sp³-hybridized carbons (Fsp3) is 0.500. The number of thioether (sulfide) groups is 1. The molecule has 1 aromatic heterocycles. The van der Waals surface area contributed by atoms with E-state index in [-0.39, 0.29) is 5.91 Å². The van der Waals surface area contributed by atoms with Gasteiger partial charge in [0.15, 0.2) is 0 Å². The van der Waals surface area contributed by atoms with Crippen LogP contribution in [0.4, 0.5) is 0 Å². The van der Waals surface area contributed by atoms with Crippen LogP contribution in [0.2, 0.25) is 0 Å². The van der Waals surface area contributed by atoms with Gasteiger partial charge in [0.25, 0.3) is 0 Å². The Morgan fingerprint density at radius 1 is 1.58 bits per heavy atom. The molecular weight excluding hydrogens is 284 g/mol. The molecule has 1 heterocycles. The fourth-order valence-electron chi connectivity index (χ4n) is 1.29. The van der Waals surface area contributed by atoms with Gasteiger partial charge in [-0.2, -0.15) is 11.8 Å². The van der Waals surface area contributed by atoms with E-state index in [0.717, 1.165) is 4.88 Å². The maximum atomic E-state index is 11.5. The normalized spacial score (nSPS) is 11.9. The van der Waals surface area contributed by atoms with Crippen molar-refractivity contribution in [2.75, 3.05) is 18.6 Å². The molecule has 0 saturated heterocycles. The summed E-state index contributed by atoms with van der Waals surface area (Å²) in [6.45, 7) is 0.568. The lowest BCUT2D eigenvalue weighted by Gasteiger charge is -2.08. The lowest BCUT2D eigenvalue weighted by molar-refractivity contribution is -0.142. The summed E-state index contributed by atoms with van der Waals surface area (Å²) in [7, 11) is 1.31. The molecule has 0 spiro atoms. The van der Waals surface area contributed by atoms with Crippen molar-refractivity contribution in [3.8, 4) is 0 Å². The molecule has 1 aromatic rings. The third-order valence-electron chi connectivity index (χ3n) is 2.35. The van der Waals surface area contributed by atoms with E-state index >= 15 is 0 Å². The summed E-state index contributed by atoms with van der Waals surface area (Å²) in [6.07, 6.45) is 0.509. The molecule has 19 heavy (non-hydrogen) atoms. The molecule has 1 unspecified atom stereocenters. The summed E-state index contributed by atoms with van der Waals surface area (Å²) in [5, 5.41) is 4.81. The van der Waals surface area contributed by atoms with Crippen LogP contribution in [0.3, 0.4) is 0 Å². The van der Waals surface area contributed by atoms with E-state index in [4.69, 9.17) is 5.73 Å². The zero-order valence-corrected chi connectivity index (χ0v) is 12.4. The summed E-state index contributed by atoms with van der Waals surface area (Å²) < 4.78 is 4.52. The number of rotatable bonds is 8. The first kappa shape index (κ1) is 16.0. The largest absolute Gasteiger partial charge is 0.468 e. The van der Waals surface area contributed by atoms with Crippen molar-refractivity contribution in [3.63, 3.8) is 0 Å². The van der Waals surface area contributed by atoms with Gasteiger partial charge in [0.05, 0.1) is 19.4 Å². The van der Waals surface area contributed by atoms with Crippen molar-refractivity contribution in [3.05, 3.63) is 22.4 Å². The number of carbonyl (C=O) groups excluding carboxylic acids is 2. The minimum absolute atomic E-state index is 0.00922. The zero-order valence-electron chi connectivity index (χ0n) is 10.8. The van der Waals surface area contributed by atoms with E-state index in [2.05, 4.69) is 10.1 Å². The Hall–Kier alpha value is -1.05. The van der Waals surface area contributed by atoms with Gasteiger partial charge in [0, 0.05) is 4.88 Å². The Kier molecular flexibility index (Phi) is 7.54. The van der Waals surface area contributed by atoms with Crippen LogP contribution < -0.4 is 11.1 Å². The molecule has 0 radical (unpaired) electrons. The Morgan fingerprint density at radius 3 is 3.00 bits per heavy atom. The van der Waals surface area contributed by atoms with Gasteiger partial charge >= 0.3 is 5.97 Å². The predicted octanol–water partition coefficient (Wildman–Crippen LogP) is 0.988. The molecule has 3 N–H and O–H groups in total. The maximum Gasteiger partial charge on any atom is 0.322 e. The standard InChI is InChI=1S/C12H18N2O3S2/c1-17-12(16)10(13)4-6-18-8-11(15)14-7-9-3-2-5-19-9/h2-3,5,10H,4,6-8,13H2,1H3,(H,14,15). The van der Waals surface area contributed by atoms with Crippen molar-refractivity contribution in [1.29, 1.82) is 0 Å². The first-order valence-electron chi connectivity index (χ1n) is 5.83. The number of hydrogen-bond donors (Lipinski definition) is 2. The van der Waals surface area contributed by atoms with Gasteiger partial charge in [-0.25, -0.2) is 0 Å². The average Bonchev–Trinajstić information content (AvgIpc) is 2.93. The topological polar surface area (TPSA) is 81.4 Å². The number of carbonyl (C=O) groups is 2. The Balaban J connectivity index is 2.06. The van der Waals surface area contributed by atoms with Gasteiger partial charge in [-0.3, -0.25) is 9.59 Å². The third kappa shape index (κ3) is 6.60. The van der Waals surface area contributed by atoms with E-state index in [1.54, 1.807) is 11.3 Å². The van der Waals surface area contributed by atoms with Crippen LogP contribution in [0.15, 0.2) is 17.5 Å². The molecule has 0 aliphatic carbocycles. The van der Waals surface area contributed by atoms with Crippen molar-refractivity contribution >= 4 is 35.0 Å². The third-order valence-corrected chi connectivity index (χ3v) is 4.22. The minimum Gasteiger partial charge on any atom is -0.468 e. The van der Waals surface area contributed by atoms with Crippen LogP contribution in [0.25, 0.3) is 0 Å². The fourth-order valence-corrected chi connectivity index (χ4v) is 2.79. The van der Waals surface area contributed by atoms with E-state index in [9.17, 15) is 9.59 Å². The molecule has 106 valence electrons. The van der Waals surface area contributed by atoms with E-state index in [1.807, 2.05) is 17.5 Å². The first-order chi connectivity index (χ1) is 9.13. The van der Waals surface area contributed by atoms with E-state index in [1.165, 1.54) is 18.9 Å². The average molecular weight is 302 g/mol. The van der Waals surface area contributed by atoms with Crippen molar-refractivity contribution in [2.45, 2.75) is 19.0 Å². The number of thiophene rings is 1. The van der Waals surface area contributed by atoms with Crippen LogP contribution >= 0.6 is 23.1 Å². The molecular formula is C12H18N2O3S2. The Morgan fingerprint density at radius 2 is 2.37 bits per heavy atom. The van der Waals surface area contributed by atoms with E-state index in [0.29, 0.717) is 24.5 Å². The van der Waals surface area contributed by atoms with Crippen LogP contribution in [0.5, 0.6) is 0 Å². The highest BCUT2D eigenvalue weighted by Gasteiger charge is 2.13. The molecule has 1 amide bonds. The number of nitrogens with two attached hydrogens (primary N) is 1. The molecule has 5 nitrogen and oxygen atoms in total. The van der Waals surface area contributed by atoms with Crippen molar-refractivity contribution < 1.29 is 14.3 Å². The number of hydrogen-bond acceptors (Lipinski definition) is 6. The van der Waals surface area contributed by atoms with Gasteiger partial charge in [-0.1, -0.05) is 6.07 Å². The van der Waals surface area contributed by atoms with Gasteiger partial charge < -0.3 is 15.8 Å².